The largest absolute Gasteiger partial charge is 0 e. The normalized spacial score (nSPS) is 12.1. The van der Waals surface area contributed by atoms with Crippen LogP contribution in [0.4, 0.5) is 0 Å². The van der Waals surface area contributed by atoms with E-state index in [1.54, 1.807) is 23.6 Å². The standard InChI is InChI=1S/C27H22NS.C20H20GeN.Ir/c1-18(2)15-19-13-14-28-25(16-19)24-10-6-9-23-22-12-11-21(17-26(22)29-27(23)24)20-7-4-3-5-8-20;1-21(2,3)19-12-13-20(22-15-19)18-11-7-10-17(14-18)16-8-5-4-6-9-16;/h3-9,11-14,16-18H,15H2,1-2H3;4-10,12-15H,1-3H3;/q2*-1;/i15D2;;. The predicted molar refractivity (Wildman–Crippen MR) is 222 cm³/mol. The molecule has 0 fully saturated rings. The maximum atomic E-state index is 8.47. The molecule has 0 bridgehead atoms. The van der Waals surface area contributed by atoms with E-state index in [1.165, 1.54) is 42.1 Å². The molecule has 0 spiro atoms. The van der Waals surface area contributed by atoms with Gasteiger partial charge in [-0.05, 0) is 51.3 Å². The Morgan fingerprint density at radius 3 is 2.02 bits per heavy atom. The Bertz CT molecular complexity index is 2490. The van der Waals surface area contributed by atoms with Crippen LogP contribution >= 0.6 is 11.3 Å². The summed E-state index contributed by atoms with van der Waals surface area (Å²) in [4.78, 5) is 9.24. The summed E-state index contributed by atoms with van der Waals surface area (Å²) in [5.74, 6) is 7.04. The molecule has 3 heterocycles. The molecule has 8 rings (SSSR count). The number of pyridine rings is 2. The second kappa shape index (κ2) is 16.7. The van der Waals surface area contributed by atoms with Crippen molar-refractivity contribution in [1.29, 1.82) is 0 Å². The quantitative estimate of drug-likeness (QED) is 0.118. The summed E-state index contributed by atoms with van der Waals surface area (Å²) in [6.45, 7) is 3.81. The average Bonchev–Trinajstić information content (AvgIpc) is 3.57. The molecule has 5 heteroatoms. The fourth-order valence-electron chi connectivity index (χ4n) is 6.15. The third kappa shape index (κ3) is 8.70. The van der Waals surface area contributed by atoms with Crippen LogP contribution in [0.5, 0.6) is 0 Å². The summed E-state index contributed by atoms with van der Waals surface area (Å²) in [5.41, 5.74) is 9.24. The van der Waals surface area contributed by atoms with Crippen LogP contribution in [0.25, 0.3) is 64.9 Å². The molecule has 0 N–H and O–H groups in total. The van der Waals surface area contributed by atoms with E-state index in [4.69, 9.17) is 2.74 Å². The molecule has 0 aliphatic carbocycles. The van der Waals surface area contributed by atoms with Gasteiger partial charge in [-0.2, -0.15) is 11.3 Å². The van der Waals surface area contributed by atoms with Gasteiger partial charge in [0.2, 0.25) is 0 Å². The maximum Gasteiger partial charge on any atom is 0 e. The fourth-order valence-corrected chi connectivity index (χ4v) is 9.57. The molecule has 0 amide bonds. The van der Waals surface area contributed by atoms with Gasteiger partial charge in [-0.3, -0.25) is 0 Å². The zero-order valence-electron chi connectivity index (χ0n) is 32.1. The minimum Gasteiger partial charge on any atom is 0 e. The third-order valence-electron chi connectivity index (χ3n) is 8.83. The van der Waals surface area contributed by atoms with Gasteiger partial charge in [-0.15, -0.1) is 23.8 Å². The molecule has 52 heavy (non-hydrogen) atoms. The number of nitrogens with zero attached hydrogens (tertiary/aromatic N) is 2. The molecule has 0 unspecified atom stereocenters. The van der Waals surface area contributed by atoms with Crippen molar-refractivity contribution in [1.82, 2.24) is 9.97 Å². The van der Waals surface area contributed by atoms with Crippen LogP contribution in [0.15, 0.2) is 146 Å². The minimum atomic E-state index is -1.79. The molecule has 0 saturated carbocycles. The molecule has 5 aromatic carbocycles. The Morgan fingerprint density at radius 1 is 0.673 bits per heavy atom. The van der Waals surface area contributed by atoms with Crippen molar-refractivity contribution in [3.63, 3.8) is 0 Å². The predicted octanol–water partition coefficient (Wildman–Crippen LogP) is 12.5. The third-order valence-corrected chi connectivity index (χ3v) is 14.3. The molecule has 0 atom stereocenters. The van der Waals surface area contributed by atoms with Gasteiger partial charge in [0.05, 0.1) is 0 Å². The summed E-state index contributed by atoms with van der Waals surface area (Å²) in [7, 11) is 0. The van der Waals surface area contributed by atoms with E-state index < -0.39 is 19.6 Å². The molecule has 1 radical (unpaired) electrons. The Labute approximate surface area is 331 Å². The van der Waals surface area contributed by atoms with Gasteiger partial charge >= 0.3 is 135 Å². The summed E-state index contributed by atoms with van der Waals surface area (Å²) in [6.07, 6.45) is 2.35. The number of rotatable bonds is 7. The summed E-state index contributed by atoms with van der Waals surface area (Å²) >= 11 is -0.0437. The Kier molecular flexibility index (Phi) is 11.2. The summed E-state index contributed by atoms with van der Waals surface area (Å²) < 4.78 is 20.7. The topological polar surface area (TPSA) is 25.8 Å². The molecule has 3 aromatic heterocycles. The van der Waals surface area contributed by atoms with E-state index in [-0.39, 0.29) is 26.0 Å². The van der Waals surface area contributed by atoms with E-state index in [1.807, 2.05) is 44.2 Å². The SMILES string of the molecule is [2H]C([2H])(c1ccnc(-c2[c-]ccc3c2sc2cc(-c4ccccc4)ccc23)c1)C(C)C.[CH3][Ge]([CH3])([CH3])[c]1ccc(-c2[c-]ccc(-c3ccccc3)c2)nc1.[Ir]. The van der Waals surface area contributed by atoms with Gasteiger partial charge in [-0.1, -0.05) is 73.3 Å². The first-order valence-corrected chi connectivity index (χ1v) is 25.6. The summed E-state index contributed by atoms with van der Waals surface area (Å²) in [6, 6.07) is 52.5. The van der Waals surface area contributed by atoms with E-state index in [9.17, 15) is 0 Å². The zero-order chi connectivity index (χ0) is 37.2. The first-order chi connectivity index (χ1) is 25.5. The molecule has 0 aliphatic rings. The second-order valence-corrected chi connectivity index (χ2v) is 25.7. The Morgan fingerprint density at radius 2 is 1.37 bits per heavy atom. The number of thiophene rings is 1. The fraction of sp³-hybridized carbons (Fsp3) is 0.149. The molecule has 2 nitrogen and oxygen atoms in total. The number of aromatic nitrogens is 2. The first kappa shape index (κ1) is 34.9. The first-order valence-electron chi connectivity index (χ1n) is 18.4. The second-order valence-electron chi connectivity index (χ2n) is 14.0. The van der Waals surface area contributed by atoms with Gasteiger partial charge in [0.15, 0.2) is 0 Å². The van der Waals surface area contributed by atoms with E-state index in [0.717, 1.165) is 27.2 Å². The Hall–Kier alpha value is -4.19. The molecule has 8 aromatic rings. The van der Waals surface area contributed by atoms with Crippen molar-refractivity contribution >= 4 is 49.2 Å². The van der Waals surface area contributed by atoms with Crippen LogP contribution in [-0.4, -0.2) is 23.2 Å². The van der Waals surface area contributed by atoms with Crippen LogP contribution in [0.2, 0.25) is 17.3 Å². The molecular weight excluding hydrogens is 889 g/mol. The van der Waals surface area contributed by atoms with Gasteiger partial charge in [0, 0.05) is 33.7 Å². The van der Waals surface area contributed by atoms with Gasteiger partial charge < -0.3 is 4.98 Å². The van der Waals surface area contributed by atoms with Crippen molar-refractivity contribution in [2.24, 2.45) is 5.92 Å². The molecule has 0 saturated heterocycles. The van der Waals surface area contributed by atoms with Crippen molar-refractivity contribution in [3.05, 3.63) is 164 Å². The van der Waals surface area contributed by atoms with Gasteiger partial charge in [0.25, 0.3) is 0 Å². The van der Waals surface area contributed by atoms with Crippen molar-refractivity contribution in [2.45, 2.75) is 37.5 Å². The van der Waals surface area contributed by atoms with Crippen molar-refractivity contribution in [2.75, 3.05) is 0 Å². The van der Waals surface area contributed by atoms with E-state index in [0.29, 0.717) is 5.56 Å². The summed E-state index contributed by atoms with van der Waals surface area (Å²) in [5, 5.41) is 2.41. The zero-order valence-corrected chi connectivity index (χ0v) is 35.4. The van der Waals surface area contributed by atoms with Crippen LogP contribution in [0, 0.1) is 18.1 Å². The monoisotopic (exact) mass is 935 g/mol. The van der Waals surface area contributed by atoms with Crippen LogP contribution in [0.3, 0.4) is 0 Å². The Balaban J connectivity index is 0.000000191. The van der Waals surface area contributed by atoms with Crippen LogP contribution in [0.1, 0.15) is 22.2 Å². The number of fused-ring (bicyclic) bond motifs is 3. The maximum absolute atomic E-state index is 8.47. The molecule has 261 valence electrons. The van der Waals surface area contributed by atoms with Crippen LogP contribution in [-0.2, 0) is 26.5 Å². The van der Waals surface area contributed by atoms with Gasteiger partial charge in [0.1, 0.15) is 0 Å². The van der Waals surface area contributed by atoms with Crippen LogP contribution < -0.4 is 4.40 Å². The van der Waals surface area contributed by atoms with E-state index >= 15 is 0 Å². The molecular formula is C47H42GeIrN2S-2. The van der Waals surface area contributed by atoms with Gasteiger partial charge in [-0.25, -0.2) is 0 Å². The number of hydrogen-bond donors (Lipinski definition) is 0. The smallest absolute Gasteiger partial charge is 0 e. The minimum absolute atomic E-state index is 0. The number of benzene rings is 5. The van der Waals surface area contributed by atoms with Crippen molar-refractivity contribution < 1.29 is 22.8 Å². The van der Waals surface area contributed by atoms with Crippen molar-refractivity contribution in [3.8, 4) is 44.8 Å². The average molecular weight is 934 g/mol. The van der Waals surface area contributed by atoms with E-state index in [2.05, 4.69) is 143 Å². The molecule has 0 aliphatic heterocycles. The number of hydrogen-bond acceptors (Lipinski definition) is 3.